The molecule has 35 heavy (non-hydrogen) atoms. The average Bonchev–Trinajstić information content (AvgIpc) is 2.83. The van der Waals surface area contributed by atoms with Crippen molar-refractivity contribution in [3.8, 4) is 0 Å². The van der Waals surface area contributed by atoms with Gasteiger partial charge in [0.1, 0.15) is 0 Å². The van der Waals surface area contributed by atoms with E-state index in [9.17, 15) is 9.59 Å². The van der Waals surface area contributed by atoms with Gasteiger partial charge in [-0.1, -0.05) is 72.8 Å². The summed E-state index contributed by atoms with van der Waals surface area (Å²) in [6, 6.07) is 25.1. The highest BCUT2D eigenvalue weighted by Gasteiger charge is 2.29. The molecule has 2 N–H and O–H groups in total. The van der Waals surface area contributed by atoms with E-state index in [0.717, 1.165) is 44.6 Å². The first kappa shape index (κ1) is 25.2. The zero-order valence-corrected chi connectivity index (χ0v) is 20.8. The van der Waals surface area contributed by atoms with Crippen molar-refractivity contribution in [2.75, 3.05) is 26.2 Å². The van der Waals surface area contributed by atoms with E-state index >= 15 is 0 Å². The Morgan fingerprint density at radius 3 is 2.29 bits per heavy atom. The second-order valence-electron chi connectivity index (χ2n) is 9.72. The highest BCUT2D eigenvalue weighted by Crippen LogP contribution is 2.28. The van der Waals surface area contributed by atoms with E-state index in [1.165, 1.54) is 16.3 Å². The van der Waals surface area contributed by atoms with Gasteiger partial charge in [-0.25, -0.2) is 0 Å². The maximum atomic E-state index is 13.3. The number of nitrogens with zero attached hydrogens (tertiary/aromatic N) is 1. The summed E-state index contributed by atoms with van der Waals surface area (Å²) < 4.78 is 0. The Bertz CT molecular complexity index is 1140. The molecule has 2 amide bonds. The first-order valence-corrected chi connectivity index (χ1v) is 12.5. The quantitative estimate of drug-likeness (QED) is 0.518. The van der Waals surface area contributed by atoms with E-state index in [2.05, 4.69) is 65.2 Å². The van der Waals surface area contributed by atoms with Crippen LogP contribution in [0, 0.1) is 5.92 Å². The first-order chi connectivity index (χ1) is 16.7. The Hall–Kier alpha value is -2.89. The van der Waals surface area contributed by atoms with Gasteiger partial charge in [-0.2, -0.15) is 0 Å². The number of fused-ring (bicyclic) bond motifs is 1. The fraction of sp³-hybridized carbons (Fsp3) is 0.379. The number of nitrogens with one attached hydrogen (secondary N) is 2. The first-order valence-electron chi connectivity index (χ1n) is 12.5. The van der Waals surface area contributed by atoms with Crippen LogP contribution < -0.4 is 10.6 Å². The fourth-order valence-electron chi connectivity index (χ4n) is 5.14. The van der Waals surface area contributed by atoms with Crippen molar-refractivity contribution in [2.24, 2.45) is 5.92 Å². The summed E-state index contributed by atoms with van der Waals surface area (Å²) in [4.78, 5) is 28.0. The normalized spacial score (nSPS) is 17.3. The smallest absolute Gasteiger partial charge is 0.225 e. The van der Waals surface area contributed by atoms with Crippen molar-refractivity contribution < 1.29 is 9.59 Å². The number of amides is 2. The lowest BCUT2D eigenvalue weighted by Crippen LogP contribution is -2.53. The SMILES string of the molecule is Cl.O=C(N[C@@H](CC(=O)N1CCC(c2ccccc2)CC1)Cc1ccc2ccccc2c1)C1CNC1. The topological polar surface area (TPSA) is 61.4 Å². The molecule has 0 radical (unpaired) electrons. The Kier molecular flexibility index (Phi) is 8.42. The number of halogens is 1. The molecule has 2 saturated heterocycles. The van der Waals surface area contributed by atoms with Gasteiger partial charge in [0.25, 0.3) is 0 Å². The van der Waals surface area contributed by atoms with Crippen LogP contribution in [0.2, 0.25) is 0 Å². The summed E-state index contributed by atoms with van der Waals surface area (Å²) >= 11 is 0. The summed E-state index contributed by atoms with van der Waals surface area (Å²) in [5, 5.41) is 8.73. The third-order valence-electron chi connectivity index (χ3n) is 7.33. The summed E-state index contributed by atoms with van der Waals surface area (Å²) in [5.74, 6) is 0.727. The molecular formula is C29H34ClN3O2. The molecule has 6 heteroatoms. The summed E-state index contributed by atoms with van der Waals surface area (Å²) in [6.07, 6.45) is 2.98. The Morgan fingerprint density at radius 2 is 1.60 bits per heavy atom. The molecular weight excluding hydrogens is 458 g/mol. The van der Waals surface area contributed by atoms with Gasteiger partial charge in [-0.05, 0) is 47.1 Å². The van der Waals surface area contributed by atoms with Crippen molar-refractivity contribution in [3.05, 3.63) is 83.9 Å². The molecule has 0 aromatic heterocycles. The van der Waals surface area contributed by atoms with Crippen LogP contribution in [0.1, 0.15) is 36.3 Å². The lowest BCUT2D eigenvalue weighted by atomic mass is 9.89. The molecule has 0 unspecified atom stereocenters. The van der Waals surface area contributed by atoms with Crippen molar-refractivity contribution in [3.63, 3.8) is 0 Å². The molecule has 184 valence electrons. The van der Waals surface area contributed by atoms with E-state index < -0.39 is 0 Å². The molecule has 2 aliphatic rings. The summed E-state index contributed by atoms with van der Waals surface area (Å²) in [6.45, 7) is 2.99. The van der Waals surface area contributed by atoms with E-state index in [4.69, 9.17) is 0 Å². The third-order valence-corrected chi connectivity index (χ3v) is 7.33. The lowest BCUT2D eigenvalue weighted by molar-refractivity contribution is -0.133. The van der Waals surface area contributed by atoms with Gasteiger partial charge in [-0.3, -0.25) is 9.59 Å². The van der Waals surface area contributed by atoms with Gasteiger partial charge in [-0.15, -0.1) is 12.4 Å². The fourth-order valence-corrected chi connectivity index (χ4v) is 5.14. The number of piperidine rings is 1. The van der Waals surface area contributed by atoms with E-state index in [1.807, 2.05) is 23.1 Å². The highest BCUT2D eigenvalue weighted by atomic mass is 35.5. The number of carbonyl (C=O) groups excluding carboxylic acids is 2. The molecule has 5 rings (SSSR count). The zero-order valence-electron chi connectivity index (χ0n) is 20.0. The standard InChI is InChI=1S/C29H33N3O2.ClH/c33-28(32-14-12-24(13-15-32)22-6-2-1-3-7-22)18-27(31-29(34)26-19-30-20-26)17-21-10-11-23-8-4-5-9-25(23)16-21;/h1-11,16,24,26-27,30H,12-15,17-20H2,(H,31,34);1H/t27-;/m1./s1. The Morgan fingerprint density at radius 1 is 0.914 bits per heavy atom. The van der Waals surface area contributed by atoms with Crippen LogP contribution in [-0.4, -0.2) is 48.9 Å². The largest absolute Gasteiger partial charge is 0.352 e. The Labute approximate surface area is 213 Å². The van der Waals surface area contributed by atoms with Crippen LogP contribution in [0.4, 0.5) is 0 Å². The summed E-state index contributed by atoms with van der Waals surface area (Å²) in [5.41, 5.74) is 2.51. The molecule has 0 saturated carbocycles. The van der Waals surface area contributed by atoms with Crippen LogP contribution in [0.25, 0.3) is 10.8 Å². The molecule has 5 nitrogen and oxygen atoms in total. The minimum Gasteiger partial charge on any atom is -0.352 e. The monoisotopic (exact) mass is 491 g/mol. The number of likely N-dealkylation sites (tertiary alicyclic amines) is 1. The number of benzene rings is 3. The maximum absolute atomic E-state index is 13.3. The predicted molar refractivity (Wildman–Crippen MR) is 143 cm³/mol. The molecule has 2 aliphatic heterocycles. The van der Waals surface area contributed by atoms with Crippen molar-refractivity contribution >= 4 is 35.0 Å². The van der Waals surface area contributed by atoms with Crippen LogP contribution in [0.3, 0.4) is 0 Å². The molecule has 0 bridgehead atoms. The van der Waals surface area contributed by atoms with Crippen LogP contribution in [0.5, 0.6) is 0 Å². The second-order valence-corrected chi connectivity index (χ2v) is 9.72. The van der Waals surface area contributed by atoms with Crippen LogP contribution >= 0.6 is 12.4 Å². The van der Waals surface area contributed by atoms with Crippen molar-refractivity contribution in [1.82, 2.24) is 15.5 Å². The van der Waals surface area contributed by atoms with Gasteiger partial charge < -0.3 is 15.5 Å². The van der Waals surface area contributed by atoms with Gasteiger partial charge in [0, 0.05) is 38.6 Å². The van der Waals surface area contributed by atoms with Gasteiger partial charge in [0.05, 0.1) is 5.92 Å². The van der Waals surface area contributed by atoms with Gasteiger partial charge >= 0.3 is 0 Å². The van der Waals surface area contributed by atoms with Crippen molar-refractivity contribution in [1.29, 1.82) is 0 Å². The number of rotatable bonds is 7. The molecule has 3 aromatic rings. The molecule has 0 spiro atoms. The molecule has 1 atom stereocenters. The van der Waals surface area contributed by atoms with Crippen LogP contribution in [0.15, 0.2) is 72.8 Å². The summed E-state index contributed by atoms with van der Waals surface area (Å²) in [7, 11) is 0. The predicted octanol–water partition coefficient (Wildman–Crippen LogP) is 4.30. The maximum Gasteiger partial charge on any atom is 0.225 e. The molecule has 0 aliphatic carbocycles. The van der Waals surface area contributed by atoms with Crippen LogP contribution in [-0.2, 0) is 16.0 Å². The average molecular weight is 492 g/mol. The van der Waals surface area contributed by atoms with E-state index in [0.29, 0.717) is 18.8 Å². The van der Waals surface area contributed by atoms with E-state index in [1.54, 1.807) is 0 Å². The third kappa shape index (κ3) is 6.22. The molecule has 2 heterocycles. The highest BCUT2D eigenvalue weighted by molar-refractivity contribution is 5.85. The second kappa shape index (κ2) is 11.7. The van der Waals surface area contributed by atoms with Gasteiger partial charge in [0.2, 0.25) is 11.8 Å². The number of hydrogen-bond donors (Lipinski definition) is 2. The molecule has 3 aromatic carbocycles. The van der Waals surface area contributed by atoms with Gasteiger partial charge in [0.15, 0.2) is 0 Å². The zero-order chi connectivity index (χ0) is 23.3. The minimum atomic E-state index is -0.200. The Balaban J connectivity index is 0.00000289. The number of hydrogen-bond acceptors (Lipinski definition) is 3. The molecule has 2 fully saturated rings. The lowest BCUT2D eigenvalue weighted by Gasteiger charge is -2.34. The minimum absolute atomic E-state index is 0. The van der Waals surface area contributed by atoms with Crippen molar-refractivity contribution in [2.45, 2.75) is 37.6 Å². The number of carbonyl (C=O) groups is 2. The van der Waals surface area contributed by atoms with E-state index in [-0.39, 0.29) is 36.2 Å².